The van der Waals surface area contributed by atoms with Crippen molar-refractivity contribution in [2.24, 2.45) is 0 Å². The Labute approximate surface area is 183 Å². The summed E-state index contributed by atoms with van der Waals surface area (Å²) >= 11 is 3.00. The average Bonchev–Trinajstić information content (AvgIpc) is 3.36. The normalized spacial score (nSPS) is 16.1. The zero-order chi connectivity index (χ0) is 20.9. The maximum absolute atomic E-state index is 12.5. The van der Waals surface area contributed by atoms with E-state index < -0.39 is 0 Å². The van der Waals surface area contributed by atoms with Crippen molar-refractivity contribution in [3.63, 3.8) is 0 Å². The molecule has 154 valence electrons. The fourth-order valence-electron chi connectivity index (χ4n) is 3.26. The highest BCUT2D eigenvalue weighted by Crippen LogP contribution is 2.34. The second-order valence-corrected chi connectivity index (χ2v) is 9.32. The summed E-state index contributed by atoms with van der Waals surface area (Å²) in [5.74, 6) is 0.701. The second kappa shape index (κ2) is 9.40. The Morgan fingerprint density at radius 1 is 1.17 bits per heavy atom. The van der Waals surface area contributed by atoms with Gasteiger partial charge in [0.1, 0.15) is 5.01 Å². The van der Waals surface area contributed by atoms with Gasteiger partial charge in [0.05, 0.1) is 0 Å². The first kappa shape index (κ1) is 20.6. The Kier molecular flexibility index (Phi) is 6.44. The lowest BCUT2D eigenvalue weighted by Crippen LogP contribution is -2.24. The molecule has 0 spiro atoms. The number of hydrogen-bond acceptors (Lipinski definition) is 6. The van der Waals surface area contributed by atoms with Gasteiger partial charge in [0.15, 0.2) is 0 Å². The average molecular weight is 439 g/mol. The molecule has 1 N–H and O–H groups in total. The van der Waals surface area contributed by atoms with Crippen molar-refractivity contribution in [1.82, 2.24) is 10.2 Å². The van der Waals surface area contributed by atoms with Gasteiger partial charge in [-0.05, 0) is 31.2 Å². The van der Waals surface area contributed by atoms with E-state index in [0.717, 1.165) is 21.2 Å². The number of aryl methyl sites for hydroxylation is 1. The summed E-state index contributed by atoms with van der Waals surface area (Å²) < 4.78 is 0. The topological polar surface area (TPSA) is 75.2 Å². The number of rotatable bonds is 7. The molecule has 1 unspecified atom stereocenters. The van der Waals surface area contributed by atoms with E-state index in [-0.39, 0.29) is 17.7 Å². The van der Waals surface area contributed by atoms with E-state index in [1.54, 1.807) is 16.7 Å². The van der Waals surface area contributed by atoms with Crippen molar-refractivity contribution in [3.05, 3.63) is 65.2 Å². The van der Waals surface area contributed by atoms with Gasteiger partial charge in [-0.1, -0.05) is 47.2 Å². The van der Waals surface area contributed by atoms with Crippen molar-refractivity contribution in [1.29, 1.82) is 0 Å². The first-order valence-electron chi connectivity index (χ1n) is 9.76. The van der Waals surface area contributed by atoms with Gasteiger partial charge >= 0.3 is 0 Å². The number of aromatic nitrogens is 2. The van der Waals surface area contributed by atoms with Crippen LogP contribution in [0.1, 0.15) is 29.3 Å². The molecular formula is C22H22N4O2S2. The van der Waals surface area contributed by atoms with Gasteiger partial charge in [0.25, 0.3) is 0 Å². The minimum absolute atomic E-state index is 0.00408. The lowest BCUT2D eigenvalue weighted by Gasteiger charge is -2.16. The van der Waals surface area contributed by atoms with E-state index in [1.165, 1.54) is 11.3 Å². The predicted octanol–water partition coefficient (Wildman–Crippen LogP) is 4.49. The molecule has 0 bridgehead atoms. The smallest absolute Gasteiger partial charge is 0.227 e. The number of nitrogens with one attached hydrogen (secondary N) is 1. The SMILES string of the molecule is Cc1ccc(N2CC(c3nnc(NC(=O)CCSc4ccccc4)s3)CC2=O)cc1. The molecular weight excluding hydrogens is 416 g/mol. The third-order valence-electron chi connectivity index (χ3n) is 4.85. The molecule has 1 saturated heterocycles. The molecule has 0 radical (unpaired) electrons. The fourth-order valence-corrected chi connectivity index (χ4v) is 4.98. The number of amides is 2. The summed E-state index contributed by atoms with van der Waals surface area (Å²) in [5.41, 5.74) is 2.07. The first-order chi connectivity index (χ1) is 14.6. The lowest BCUT2D eigenvalue weighted by molar-refractivity contribution is -0.117. The van der Waals surface area contributed by atoms with Crippen LogP contribution < -0.4 is 10.2 Å². The van der Waals surface area contributed by atoms with Crippen LogP contribution in [0.25, 0.3) is 0 Å². The Bertz CT molecular complexity index is 1020. The van der Waals surface area contributed by atoms with Crippen LogP contribution in [-0.4, -0.2) is 34.3 Å². The van der Waals surface area contributed by atoms with E-state index in [4.69, 9.17) is 0 Å². The summed E-state index contributed by atoms with van der Waals surface area (Å²) in [6.07, 6.45) is 0.807. The highest BCUT2D eigenvalue weighted by atomic mass is 32.2. The molecule has 3 aromatic rings. The molecule has 8 heteroatoms. The van der Waals surface area contributed by atoms with Crippen molar-refractivity contribution in [2.75, 3.05) is 22.5 Å². The van der Waals surface area contributed by atoms with Gasteiger partial charge in [0.2, 0.25) is 16.9 Å². The zero-order valence-corrected chi connectivity index (χ0v) is 18.2. The van der Waals surface area contributed by atoms with Crippen LogP contribution in [0.3, 0.4) is 0 Å². The molecule has 1 aromatic heterocycles. The summed E-state index contributed by atoms with van der Waals surface area (Å²) in [6.45, 7) is 2.61. The number of anilines is 2. The molecule has 0 saturated carbocycles. The van der Waals surface area contributed by atoms with Crippen molar-refractivity contribution in [3.8, 4) is 0 Å². The monoisotopic (exact) mass is 438 g/mol. The molecule has 4 rings (SSSR count). The fraction of sp³-hybridized carbons (Fsp3) is 0.273. The molecule has 6 nitrogen and oxygen atoms in total. The number of hydrogen-bond donors (Lipinski definition) is 1. The Balaban J connectivity index is 1.30. The van der Waals surface area contributed by atoms with Crippen molar-refractivity contribution < 1.29 is 9.59 Å². The van der Waals surface area contributed by atoms with Crippen LogP contribution in [-0.2, 0) is 9.59 Å². The minimum Gasteiger partial charge on any atom is -0.312 e. The number of nitrogens with zero attached hydrogens (tertiary/aromatic N) is 3. The Hall–Kier alpha value is -2.71. The third-order valence-corrected chi connectivity index (χ3v) is 6.86. The molecule has 2 aromatic carbocycles. The van der Waals surface area contributed by atoms with Crippen LogP contribution in [0.2, 0.25) is 0 Å². The minimum atomic E-state index is -0.0788. The van der Waals surface area contributed by atoms with Gasteiger partial charge in [-0.25, -0.2) is 0 Å². The van der Waals surface area contributed by atoms with Gasteiger partial charge in [0, 0.05) is 41.6 Å². The molecule has 2 heterocycles. The first-order valence-corrected chi connectivity index (χ1v) is 11.6. The summed E-state index contributed by atoms with van der Waals surface area (Å²) in [4.78, 5) is 27.6. The zero-order valence-electron chi connectivity index (χ0n) is 16.6. The lowest BCUT2D eigenvalue weighted by atomic mass is 10.1. The highest BCUT2D eigenvalue weighted by molar-refractivity contribution is 7.99. The molecule has 1 atom stereocenters. The summed E-state index contributed by atoms with van der Waals surface area (Å²) in [6, 6.07) is 17.9. The molecule has 1 fully saturated rings. The Morgan fingerprint density at radius 2 is 1.93 bits per heavy atom. The summed E-state index contributed by atoms with van der Waals surface area (Å²) in [7, 11) is 0. The van der Waals surface area contributed by atoms with E-state index in [1.807, 2.05) is 61.5 Å². The van der Waals surface area contributed by atoms with Gasteiger partial charge in [-0.3, -0.25) is 9.59 Å². The third kappa shape index (κ3) is 5.06. The van der Waals surface area contributed by atoms with Crippen LogP contribution in [0.15, 0.2) is 59.5 Å². The molecule has 0 aliphatic carbocycles. The highest BCUT2D eigenvalue weighted by Gasteiger charge is 2.33. The molecule has 30 heavy (non-hydrogen) atoms. The number of carbonyl (C=O) groups is 2. The molecule has 2 amide bonds. The van der Waals surface area contributed by atoms with E-state index >= 15 is 0 Å². The maximum Gasteiger partial charge on any atom is 0.227 e. The van der Waals surface area contributed by atoms with E-state index in [0.29, 0.717) is 30.3 Å². The number of thioether (sulfide) groups is 1. The molecule has 1 aliphatic rings. The van der Waals surface area contributed by atoms with Crippen molar-refractivity contribution in [2.45, 2.75) is 30.6 Å². The second-order valence-electron chi connectivity index (χ2n) is 7.15. The predicted molar refractivity (Wildman–Crippen MR) is 121 cm³/mol. The van der Waals surface area contributed by atoms with Crippen LogP contribution in [0.5, 0.6) is 0 Å². The van der Waals surface area contributed by atoms with E-state index in [9.17, 15) is 9.59 Å². The summed E-state index contributed by atoms with van der Waals surface area (Å²) in [5, 5.41) is 12.4. The quantitative estimate of drug-likeness (QED) is 0.550. The van der Waals surface area contributed by atoms with Gasteiger partial charge in [-0.2, -0.15) is 0 Å². The van der Waals surface area contributed by atoms with Crippen LogP contribution in [0, 0.1) is 6.92 Å². The Morgan fingerprint density at radius 3 is 2.70 bits per heavy atom. The van der Waals surface area contributed by atoms with Crippen LogP contribution in [0.4, 0.5) is 10.8 Å². The standard InChI is InChI=1S/C22H22N4O2S2/c1-15-7-9-17(10-8-15)26-14-16(13-20(26)28)21-24-25-22(30-21)23-19(27)11-12-29-18-5-3-2-4-6-18/h2-10,16H,11-14H2,1H3,(H,23,25,27). The van der Waals surface area contributed by atoms with Crippen molar-refractivity contribution >= 4 is 45.7 Å². The largest absolute Gasteiger partial charge is 0.312 e. The van der Waals surface area contributed by atoms with E-state index in [2.05, 4.69) is 15.5 Å². The van der Waals surface area contributed by atoms with Gasteiger partial charge in [-0.15, -0.1) is 22.0 Å². The molecule has 1 aliphatic heterocycles. The van der Waals surface area contributed by atoms with Crippen LogP contribution >= 0.6 is 23.1 Å². The maximum atomic E-state index is 12.5. The number of benzene rings is 2. The number of carbonyl (C=O) groups excluding carboxylic acids is 2. The van der Waals surface area contributed by atoms with Gasteiger partial charge < -0.3 is 10.2 Å².